The molecular formula is C15H16Cl2N2O3. The molecule has 1 unspecified atom stereocenters. The van der Waals surface area contributed by atoms with E-state index in [-0.39, 0.29) is 18.3 Å². The van der Waals surface area contributed by atoms with E-state index in [9.17, 15) is 4.79 Å². The van der Waals surface area contributed by atoms with Crippen molar-refractivity contribution in [2.75, 3.05) is 13.1 Å². The molecule has 1 aromatic carbocycles. The minimum absolute atomic E-state index is 0. The Balaban J connectivity index is 0.00000176. The lowest BCUT2D eigenvalue weighted by Crippen LogP contribution is -2.22. The summed E-state index contributed by atoms with van der Waals surface area (Å²) in [5.74, 6) is -0.258. The van der Waals surface area contributed by atoms with Crippen molar-refractivity contribution in [3.8, 4) is 11.3 Å². The summed E-state index contributed by atoms with van der Waals surface area (Å²) in [5, 5.41) is 13.7. The molecule has 22 heavy (non-hydrogen) atoms. The number of likely N-dealkylation sites (tertiary alicyclic amines) is 1. The van der Waals surface area contributed by atoms with E-state index >= 15 is 0 Å². The molecule has 2 aromatic rings. The summed E-state index contributed by atoms with van der Waals surface area (Å²) < 4.78 is 5.33. The van der Waals surface area contributed by atoms with Crippen LogP contribution in [0.4, 0.5) is 0 Å². The maximum Gasteiger partial charge on any atom is 0.307 e. The lowest BCUT2D eigenvalue weighted by molar-refractivity contribution is -0.141. The van der Waals surface area contributed by atoms with Crippen LogP contribution in [0.1, 0.15) is 12.2 Å². The van der Waals surface area contributed by atoms with E-state index < -0.39 is 5.97 Å². The first-order valence-corrected chi connectivity index (χ1v) is 7.16. The molecule has 1 N–H and O–H groups in total. The minimum Gasteiger partial charge on any atom is -0.481 e. The fraction of sp³-hybridized carbons (Fsp3) is 0.333. The van der Waals surface area contributed by atoms with Gasteiger partial charge in [-0.25, -0.2) is 0 Å². The number of hydrogen-bond donors (Lipinski definition) is 1. The number of carboxylic acid groups (broad SMARTS) is 1. The summed E-state index contributed by atoms with van der Waals surface area (Å²) in [6.45, 7) is 1.92. The molecule has 1 aliphatic rings. The highest BCUT2D eigenvalue weighted by molar-refractivity contribution is 6.30. The quantitative estimate of drug-likeness (QED) is 0.922. The zero-order valence-electron chi connectivity index (χ0n) is 11.7. The van der Waals surface area contributed by atoms with E-state index in [1.165, 1.54) is 0 Å². The van der Waals surface area contributed by atoms with Crippen LogP contribution in [0.2, 0.25) is 5.02 Å². The second-order valence-corrected chi connectivity index (χ2v) is 5.68. The molecule has 0 radical (unpaired) electrons. The molecule has 0 amide bonds. The summed E-state index contributed by atoms with van der Waals surface area (Å²) in [6, 6.07) is 9.28. The predicted molar refractivity (Wildman–Crippen MR) is 85.2 cm³/mol. The van der Waals surface area contributed by atoms with E-state index in [1.54, 1.807) is 0 Å². The lowest BCUT2D eigenvalue weighted by Gasteiger charge is -2.11. The zero-order chi connectivity index (χ0) is 14.8. The van der Waals surface area contributed by atoms with E-state index in [2.05, 4.69) is 10.1 Å². The van der Waals surface area contributed by atoms with Crippen molar-refractivity contribution >= 4 is 30.0 Å². The molecule has 2 heterocycles. The number of aromatic nitrogens is 1. The third-order valence-electron chi connectivity index (χ3n) is 3.70. The Morgan fingerprint density at radius 3 is 2.77 bits per heavy atom. The number of aliphatic carboxylic acids is 1. The van der Waals surface area contributed by atoms with Crippen molar-refractivity contribution in [2.45, 2.75) is 13.0 Å². The van der Waals surface area contributed by atoms with Gasteiger partial charge in [-0.2, -0.15) is 0 Å². The first kappa shape index (κ1) is 16.8. The van der Waals surface area contributed by atoms with Crippen molar-refractivity contribution in [3.05, 3.63) is 41.1 Å². The van der Waals surface area contributed by atoms with Crippen LogP contribution in [0.5, 0.6) is 0 Å². The lowest BCUT2D eigenvalue weighted by atomic mass is 10.1. The smallest absolute Gasteiger partial charge is 0.307 e. The average Bonchev–Trinajstić information content (AvgIpc) is 3.10. The highest BCUT2D eigenvalue weighted by Crippen LogP contribution is 2.23. The Labute approximate surface area is 139 Å². The third-order valence-corrected chi connectivity index (χ3v) is 3.95. The second-order valence-electron chi connectivity index (χ2n) is 5.24. The maximum absolute atomic E-state index is 10.9. The van der Waals surface area contributed by atoms with Crippen LogP contribution in [0.3, 0.4) is 0 Å². The topological polar surface area (TPSA) is 66.6 Å². The van der Waals surface area contributed by atoms with Gasteiger partial charge < -0.3 is 9.63 Å². The monoisotopic (exact) mass is 342 g/mol. The van der Waals surface area contributed by atoms with Gasteiger partial charge in [0.25, 0.3) is 0 Å². The van der Waals surface area contributed by atoms with Gasteiger partial charge >= 0.3 is 5.97 Å². The fourth-order valence-electron chi connectivity index (χ4n) is 2.54. The molecule has 3 rings (SSSR count). The number of carbonyl (C=O) groups is 1. The Hall–Kier alpha value is -1.56. The molecule has 118 valence electrons. The van der Waals surface area contributed by atoms with Gasteiger partial charge in [0.05, 0.1) is 12.5 Å². The van der Waals surface area contributed by atoms with Crippen molar-refractivity contribution < 1.29 is 14.4 Å². The fourth-order valence-corrected chi connectivity index (χ4v) is 2.67. The SMILES string of the molecule is Cl.O=C(O)C1CCN(Cc2cc(-c3ccc(Cl)cc3)no2)C1. The number of hydrogen-bond acceptors (Lipinski definition) is 4. The van der Waals surface area contributed by atoms with Gasteiger partial charge in [0, 0.05) is 23.2 Å². The van der Waals surface area contributed by atoms with Crippen molar-refractivity contribution in [1.29, 1.82) is 0 Å². The number of nitrogens with zero attached hydrogens (tertiary/aromatic N) is 2. The van der Waals surface area contributed by atoms with Gasteiger partial charge in [-0.05, 0) is 25.1 Å². The van der Waals surface area contributed by atoms with Gasteiger partial charge in [-0.15, -0.1) is 12.4 Å². The summed E-state index contributed by atoms with van der Waals surface area (Å²) in [4.78, 5) is 13.0. The normalized spacial score (nSPS) is 18.1. The van der Waals surface area contributed by atoms with Crippen molar-refractivity contribution in [1.82, 2.24) is 10.1 Å². The van der Waals surface area contributed by atoms with Gasteiger partial charge in [0.1, 0.15) is 5.69 Å². The molecule has 0 saturated carbocycles. The maximum atomic E-state index is 10.9. The van der Waals surface area contributed by atoms with Gasteiger partial charge in [-0.1, -0.05) is 28.9 Å². The molecule has 1 atom stereocenters. The van der Waals surface area contributed by atoms with Crippen LogP contribution in [0, 0.1) is 5.92 Å². The van der Waals surface area contributed by atoms with E-state index in [1.807, 2.05) is 30.3 Å². The summed E-state index contributed by atoms with van der Waals surface area (Å²) >= 11 is 5.86. The Morgan fingerprint density at radius 1 is 1.41 bits per heavy atom. The number of benzene rings is 1. The molecule has 1 aliphatic heterocycles. The van der Waals surface area contributed by atoms with Crippen LogP contribution < -0.4 is 0 Å². The van der Waals surface area contributed by atoms with Gasteiger partial charge in [-0.3, -0.25) is 9.69 Å². The van der Waals surface area contributed by atoms with Crippen molar-refractivity contribution in [3.63, 3.8) is 0 Å². The van der Waals surface area contributed by atoms with E-state index in [0.29, 0.717) is 24.5 Å². The highest BCUT2D eigenvalue weighted by atomic mass is 35.5. The second kappa shape index (κ2) is 7.13. The van der Waals surface area contributed by atoms with Crippen LogP contribution in [-0.2, 0) is 11.3 Å². The molecule has 5 nitrogen and oxygen atoms in total. The number of carboxylic acids is 1. The summed E-state index contributed by atoms with van der Waals surface area (Å²) in [5.41, 5.74) is 1.70. The van der Waals surface area contributed by atoms with Crippen molar-refractivity contribution in [2.24, 2.45) is 5.92 Å². The molecule has 7 heteroatoms. The minimum atomic E-state index is -0.725. The molecule has 0 aliphatic carbocycles. The standard InChI is InChI=1S/C15H15ClN2O3.ClH/c16-12-3-1-10(2-4-12)14-7-13(21-17-14)9-18-6-5-11(8-18)15(19)20;/h1-4,7,11H,5-6,8-9H2,(H,19,20);1H. The molecule has 1 saturated heterocycles. The first-order chi connectivity index (χ1) is 10.1. The Morgan fingerprint density at radius 2 is 2.14 bits per heavy atom. The Kier molecular flexibility index (Phi) is 5.45. The Bertz CT molecular complexity index is 642. The van der Waals surface area contributed by atoms with Crippen LogP contribution in [0.15, 0.2) is 34.9 Å². The number of rotatable bonds is 4. The van der Waals surface area contributed by atoms with Gasteiger partial charge in [0.15, 0.2) is 5.76 Å². The molecule has 0 bridgehead atoms. The van der Waals surface area contributed by atoms with Crippen LogP contribution >= 0.6 is 24.0 Å². The summed E-state index contributed by atoms with van der Waals surface area (Å²) in [6.07, 6.45) is 0.688. The molecular weight excluding hydrogens is 327 g/mol. The zero-order valence-corrected chi connectivity index (χ0v) is 13.3. The number of halogens is 2. The highest BCUT2D eigenvalue weighted by Gasteiger charge is 2.28. The summed E-state index contributed by atoms with van der Waals surface area (Å²) in [7, 11) is 0. The van der Waals surface area contributed by atoms with Gasteiger partial charge in [0.2, 0.25) is 0 Å². The first-order valence-electron chi connectivity index (χ1n) is 6.78. The van der Waals surface area contributed by atoms with E-state index in [0.717, 1.165) is 23.6 Å². The third kappa shape index (κ3) is 3.80. The largest absolute Gasteiger partial charge is 0.481 e. The van der Waals surface area contributed by atoms with E-state index in [4.69, 9.17) is 21.2 Å². The predicted octanol–water partition coefficient (Wildman–Crippen LogP) is 3.32. The molecule has 1 fully saturated rings. The van der Waals surface area contributed by atoms with Crippen LogP contribution in [0.25, 0.3) is 11.3 Å². The average molecular weight is 343 g/mol. The van der Waals surface area contributed by atoms with Crippen LogP contribution in [-0.4, -0.2) is 34.2 Å². The molecule has 0 spiro atoms. The molecule has 1 aromatic heterocycles.